The molecular weight excluding hydrogens is 414 g/mol. The van der Waals surface area contributed by atoms with E-state index in [2.05, 4.69) is 133 Å². The summed E-state index contributed by atoms with van der Waals surface area (Å²) in [6, 6.07) is 38.3. The molecule has 0 saturated heterocycles. The van der Waals surface area contributed by atoms with Gasteiger partial charge in [0.1, 0.15) is 0 Å². The maximum atomic E-state index is 4.67. The highest BCUT2D eigenvalue weighted by Gasteiger charge is 2.28. The van der Waals surface area contributed by atoms with Gasteiger partial charge >= 0.3 is 0 Å². The third-order valence-corrected chi connectivity index (χ3v) is 6.26. The first kappa shape index (κ1) is 21.8. The standard InChI is InChI=1S/C31H29N3/c1-31(2,3)27-20-18-25(19-21-27)29-22-32-33-30(34(29)28-12-8-5-9-13-28)26-16-14-24(15-17-26)23-10-6-4-7-11-23/h4-22,30H,1-3H3. The molecule has 3 nitrogen and oxygen atoms in total. The summed E-state index contributed by atoms with van der Waals surface area (Å²) in [4.78, 5) is 2.27. The molecule has 0 aliphatic carbocycles. The maximum absolute atomic E-state index is 4.67. The summed E-state index contributed by atoms with van der Waals surface area (Å²) in [5.41, 5.74) is 8.18. The molecule has 4 aromatic carbocycles. The molecule has 4 aromatic rings. The number of hydrogen-bond acceptors (Lipinski definition) is 3. The Bertz CT molecular complexity index is 1300. The fraction of sp³-hybridized carbons (Fsp3) is 0.161. The molecule has 0 bridgehead atoms. The highest BCUT2D eigenvalue weighted by atomic mass is 15.3. The highest BCUT2D eigenvalue weighted by Crippen LogP contribution is 2.39. The van der Waals surface area contributed by atoms with E-state index in [-0.39, 0.29) is 11.6 Å². The number of para-hydroxylation sites is 1. The fourth-order valence-electron chi connectivity index (χ4n) is 4.31. The van der Waals surface area contributed by atoms with E-state index < -0.39 is 0 Å². The summed E-state index contributed by atoms with van der Waals surface area (Å²) in [6.45, 7) is 6.71. The van der Waals surface area contributed by atoms with Crippen LogP contribution in [0.5, 0.6) is 0 Å². The number of nitrogens with zero attached hydrogens (tertiary/aromatic N) is 3. The van der Waals surface area contributed by atoms with Crippen molar-refractivity contribution in [1.29, 1.82) is 0 Å². The number of azo groups is 1. The van der Waals surface area contributed by atoms with E-state index >= 15 is 0 Å². The predicted molar refractivity (Wildman–Crippen MR) is 142 cm³/mol. The van der Waals surface area contributed by atoms with Gasteiger partial charge in [-0.15, -0.1) is 0 Å². The van der Waals surface area contributed by atoms with Crippen LogP contribution in [0.3, 0.4) is 0 Å². The van der Waals surface area contributed by atoms with E-state index in [1.54, 1.807) is 0 Å². The number of hydrogen-bond donors (Lipinski definition) is 0. The lowest BCUT2D eigenvalue weighted by atomic mass is 9.86. The third-order valence-electron chi connectivity index (χ3n) is 6.26. The summed E-state index contributed by atoms with van der Waals surface area (Å²) in [7, 11) is 0. The lowest BCUT2D eigenvalue weighted by molar-refractivity contribution is 0.590. The fourth-order valence-corrected chi connectivity index (χ4v) is 4.31. The van der Waals surface area contributed by atoms with Crippen molar-refractivity contribution in [2.24, 2.45) is 10.2 Å². The largest absolute Gasteiger partial charge is 0.311 e. The average Bonchev–Trinajstić information content (AvgIpc) is 2.89. The van der Waals surface area contributed by atoms with Crippen molar-refractivity contribution < 1.29 is 0 Å². The summed E-state index contributed by atoms with van der Waals surface area (Å²) < 4.78 is 0. The second-order valence-corrected chi connectivity index (χ2v) is 9.64. The van der Waals surface area contributed by atoms with E-state index in [9.17, 15) is 0 Å². The zero-order chi connectivity index (χ0) is 23.5. The van der Waals surface area contributed by atoms with E-state index in [0.717, 1.165) is 22.5 Å². The Balaban J connectivity index is 1.53. The molecule has 0 N–H and O–H groups in total. The lowest BCUT2D eigenvalue weighted by Crippen LogP contribution is -2.27. The minimum atomic E-state index is -0.241. The molecule has 0 saturated carbocycles. The van der Waals surface area contributed by atoms with Crippen LogP contribution in [-0.2, 0) is 5.41 Å². The molecule has 1 aliphatic rings. The Kier molecular flexibility index (Phi) is 5.85. The van der Waals surface area contributed by atoms with Crippen molar-refractivity contribution in [3.63, 3.8) is 0 Å². The van der Waals surface area contributed by atoms with Gasteiger partial charge in [0.25, 0.3) is 0 Å². The summed E-state index contributed by atoms with van der Waals surface area (Å²) >= 11 is 0. The van der Waals surface area contributed by atoms with Crippen molar-refractivity contribution in [2.75, 3.05) is 4.90 Å². The number of anilines is 1. The smallest absolute Gasteiger partial charge is 0.172 e. The molecule has 34 heavy (non-hydrogen) atoms. The SMILES string of the molecule is CC(C)(C)c1ccc(C2=CN=NC(c3ccc(-c4ccccc4)cc3)N2c2ccccc2)cc1. The first-order valence-electron chi connectivity index (χ1n) is 11.7. The molecule has 1 aliphatic heterocycles. The second kappa shape index (κ2) is 9.11. The van der Waals surface area contributed by atoms with Crippen molar-refractivity contribution in [3.8, 4) is 11.1 Å². The minimum Gasteiger partial charge on any atom is -0.311 e. The molecule has 1 unspecified atom stereocenters. The Morgan fingerprint density at radius 3 is 1.79 bits per heavy atom. The molecular formula is C31H29N3. The second-order valence-electron chi connectivity index (χ2n) is 9.64. The topological polar surface area (TPSA) is 28.0 Å². The van der Waals surface area contributed by atoms with Gasteiger partial charge in [0.05, 0.1) is 11.9 Å². The number of rotatable bonds is 4. The quantitative estimate of drug-likeness (QED) is 0.310. The van der Waals surface area contributed by atoms with Crippen LogP contribution in [-0.4, -0.2) is 0 Å². The van der Waals surface area contributed by atoms with Gasteiger partial charge < -0.3 is 4.90 Å². The van der Waals surface area contributed by atoms with Crippen molar-refractivity contribution in [3.05, 3.63) is 132 Å². The zero-order valence-electron chi connectivity index (χ0n) is 19.9. The number of benzene rings is 4. The predicted octanol–water partition coefficient (Wildman–Crippen LogP) is 8.62. The average molecular weight is 444 g/mol. The van der Waals surface area contributed by atoms with Crippen LogP contribution in [0.25, 0.3) is 16.8 Å². The Hall–Kier alpha value is -3.98. The van der Waals surface area contributed by atoms with Crippen LogP contribution in [0.2, 0.25) is 0 Å². The van der Waals surface area contributed by atoms with Crippen LogP contribution >= 0.6 is 0 Å². The van der Waals surface area contributed by atoms with Gasteiger partial charge in [0.15, 0.2) is 6.17 Å². The van der Waals surface area contributed by atoms with E-state index in [0.29, 0.717) is 0 Å². The van der Waals surface area contributed by atoms with E-state index in [1.807, 2.05) is 18.3 Å². The summed E-state index contributed by atoms with van der Waals surface area (Å²) in [6.07, 6.45) is 1.63. The molecule has 0 amide bonds. The van der Waals surface area contributed by atoms with Crippen LogP contribution < -0.4 is 4.90 Å². The molecule has 5 rings (SSSR count). The van der Waals surface area contributed by atoms with Crippen molar-refractivity contribution >= 4 is 11.4 Å². The third kappa shape index (κ3) is 4.42. The molecule has 0 radical (unpaired) electrons. The minimum absolute atomic E-state index is 0.112. The van der Waals surface area contributed by atoms with Crippen molar-refractivity contribution in [1.82, 2.24) is 0 Å². The van der Waals surface area contributed by atoms with Crippen LogP contribution in [0.15, 0.2) is 126 Å². The van der Waals surface area contributed by atoms with Gasteiger partial charge in [-0.1, -0.05) is 118 Å². The Morgan fingerprint density at radius 1 is 0.618 bits per heavy atom. The molecule has 0 fully saturated rings. The van der Waals surface area contributed by atoms with Crippen LogP contribution in [0.4, 0.5) is 5.69 Å². The normalized spacial score (nSPS) is 15.8. The Morgan fingerprint density at radius 2 is 1.18 bits per heavy atom. The van der Waals surface area contributed by atoms with Gasteiger partial charge in [-0.25, -0.2) is 0 Å². The van der Waals surface area contributed by atoms with Gasteiger partial charge in [-0.2, -0.15) is 10.2 Å². The van der Waals surface area contributed by atoms with Crippen molar-refractivity contribution in [2.45, 2.75) is 32.4 Å². The molecule has 0 aromatic heterocycles. The monoisotopic (exact) mass is 443 g/mol. The van der Waals surface area contributed by atoms with E-state index in [4.69, 9.17) is 0 Å². The lowest BCUT2D eigenvalue weighted by Gasteiger charge is -2.34. The summed E-state index contributed by atoms with van der Waals surface area (Å²) in [5.74, 6) is 0. The van der Waals surface area contributed by atoms with Gasteiger partial charge in [-0.05, 0) is 45.4 Å². The highest BCUT2D eigenvalue weighted by molar-refractivity contribution is 5.81. The molecule has 1 atom stereocenters. The molecule has 168 valence electrons. The molecule has 0 spiro atoms. The van der Waals surface area contributed by atoms with Crippen LogP contribution in [0.1, 0.15) is 43.6 Å². The first-order chi connectivity index (χ1) is 16.5. The Labute approximate surface area is 202 Å². The summed E-state index contributed by atoms with van der Waals surface area (Å²) in [5, 5.41) is 9.11. The molecule has 3 heteroatoms. The molecule has 1 heterocycles. The van der Waals surface area contributed by atoms with Crippen LogP contribution in [0, 0.1) is 0 Å². The van der Waals surface area contributed by atoms with Gasteiger partial charge in [-0.3, -0.25) is 0 Å². The zero-order valence-corrected chi connectivity index (χ0v) is 19.9. The van der Waals surface area contributed by atoms with E-state index in [1.165, 1.54) is 16.7 Å². The first-order valence-corrected chi connectivity index (χ1v) is 11.7. The van der Waals surface area contributed by atoms with Gasteiger partial charge in [0.2, 0.25) is 0 Å². The maximum Gasteiger partial charge on any atom is 0.172 e. The van der Waals surface area contributed by atoms with Gasteiger partial charge in [0, 0.05) is 5.69 Å².